The number of unbranched alkanes of at least 4 members (excludes halogenated alkanes) is 6. The smallest absolute Gasteiger partial charge is 0.397 e. The predicted molar refractivity (Wildman–Crippen MR) is 107 cm³/mol. The van der Waals surface area contributed by atoms with Crippen molar-refractivity contribution in [3.8, 4) is 0 Å². The van der Waals surface area contributed by atoms with Gasteiger partial charge in [-0.15, -0.1) is 0 Å². The van der Waals surface area contributed by atoms with Gasteiger partial charge in [-0.25, -0.2) is 14.6 Å². The van der Waals surface area contributed by atoms with Gasteiger partial charge in [0.2, 0.25) is 0 Å². The molecule has 2 atom stereocenters. The fourth-order valence-corrected chi connectivity index (χ4v) is 2.00. The molecule has 0 N–H and O–H groups in total. The molecule has 0 aromatic heterocycles. The van der Waals surface area contributed by atoms with E-state index >= 15 is 0 Å². The van der Waals surface area contributed by atoms with E-state index in [1.807, 2.05) is 0 Å². The molecule has 0 bridgehead atoms. The minimum atomic E-state index is -1.07. The summed E-state index contributed by atoms with van der Waals surface area (Å²) in [4.78, 5) is 32.5. The average molecular weight is 403 g/mol. The lowest BCUT2D eigenvalue weighted by Gasteiger charge is -2.20. The van der Waals surface area contributed by atoms with Crippen molar-refractivity contribution in [2.75, 3.05) is 13.2 Å². The molecule has 28 heavy (non-hydrogen) atoms. The van der Waals surface area contributed by atoms with E-state index in [9.17, 15) is 4.79 Å². The highest BCUT2D eigenvalue weighted by Crippen LogP contribution is 2.13. The van der Waals surface area contributed by atoms with Gasteiger partial charge in [0.25, 0.3) is 12.6 Å². The molecule has 164 valence electrons. The first-order chi connectivity index (χ1) is 13.4. The lowest BCUT2D eigenvalue weighted by atomic mass is 10.2. The fourth-order valence-electron chi connectivity index (χ4n) is 2.00. The van der Waals surface area contributed by atoms with Crippen LogP contribution in [0.3, 0.4) is 0 Å². The molecule has 0 radical (unpaired) electrons. The summed E-state index contributed by atoms with van der Waals surface area (Å²) < 4.78 is 10.2. The quantitative estimate of drug-likeness (QED) is 0.0695. The Morgan fingerprint density at radius 3 is 1.43 bits per heavy atom. The lowest BCUT2D eigenvalue weighted by molar-refractivity contribution is -0.373. The van der Waals surface area contributed by atoms with Crippen LogP contribution in [-0.4, -0.2) is 31.9 Å². The van der Waals surface area contributed by atoms with Crippen LogP contribution in [0.25, 0.3) is 0 Å². The standard InChI is InChI=1S/C21H38O7/c1-7-9-11-13-15-23-27-19(17(3)4)25-21(22)26-20(18(5)6)28-24-16-14-12-10-8-2/h19-20H,3,5,7-16H2,1-2,4,6H3. The van der Waals surface area contributed by atoms with Crippen LogP contribution in [0.1, 0.15) is 79.1 Å². The van der Waals surface area contributed by atoms with Crippen molar-refractivity contribution in [3.05, 3.63) is 24.3 Å². The molecule has 0 aromatic rings. The third-order valence-electron chi connectivity index (χ3n) is 3.68. The summed E-state index contributed by atoms with van der Waals surface area (Å²) >= 11 is 0. The summed E-state index contributed by atoms with van der Waals surface area (Å²) in [6.45, 7) is 15.8. The Labute approximate surface area is 169 Å². The maximum absolute atomic E-state index is 12.0. The summed E-state index contributed by atoms with van der Waals surface area (Å²) in [7, 11) is 0. The second-order valence-electron chi connectivity index (χ2n) is 6.80. The Morgan fingerprint density at radius 2 is 1.11 bits per heavy atom. The van der Waals surface area contributed by atoms with E-state index in [2.05, 4.69) is 27.0 Å². The van der Waals surface area contributed by atoms with Gasteiger partial charge in [-0.3, -0.25) is 0 Å². The SMILES string of the molecule is C=C(C)C(OOCCCCCC)OC(=O)OC(OOCCCCCC)C(=C)C. The minimum absolute atomic E-state index is 0.408. The van der Waals surface area contributed by atoms with Crippen LogP contribution in [0.2, 0.25) is 0 Å². The third kappa shape index (κ3) is 14.6. The number of carbonyl (C=O) groups excluding carboxylic acids is 1. The van der Waals surface area contributed by atoms with Gasteiger partial charge in [0.1, 0.15) is 0 Å². The number of hydrogen-bond acceptors (Lipinski definition) is 7. The minimum Gasteiger partial charge on any atom is -0.397 e. The molecule has 0 rings (SSSR count). The summed E-state index contributed by atoms with van der Waals surface area (Å²) in [5.74, 6) is 0. The Morgan fingerprint density at radius 1 is 0.714 bits per heavy atom. The van der Waals surface area contributed by atoms with Crippen molar-refractivity contribution in [2.24, 2.45) is 0 Å². The maximum Gasteiger partial charge on any atom is 0.513 e. The van der Waals surface area contributed by atoms with Crippen molar-refractivity contribution in [1.29, 1.82) is 0 Å². The second-order valence-corrected chi connectivity index (χ2v) is 6.80. The van der Waals surface area contributed by atoms with Gasteiger partial charge in [-0.05, 0) is 37.8 Å². The zero-order chi connectivity index (χ0) is 21.2. The van der Waals surface area contributed by atoms with Crippen molar-refractivity contribution < 1.29 is 33.8 Å². The first kappa shape index (κ1) is 26.6. The largest absolute Gasteiger partial charge is 0.513 e. The van der Waals surface area contributed by atoms with Crippen molar-refractivity contribution in [3.63, 3.8) is 0 Å². The van der Waals surface area contributed by atoms with Crippen LogP contribution < -0.4 is 0 Å². The summed E-state index contributed by atoms with van der Waals surface area (Å²) in [5.41, 5.74) is 0.927. The Hall–Kier alpha value is -1.41. The molecule has 0 heterocycles. The average Bonchev–Trinajstić information content (AvgIpc) is 2.64. The second kappa shape index (κ2) is 17.7. The van der Waals surface area contributed by atoms with Gasteiger partial charge in [0, 0.05) is 0 Å². The van der Waals surface area contributed by atoms with Crippen LogP contribution >= 0.6 is 0 Å². The number of rotatable bonds is 18. The molecule has 7 heteroatoms. The third-order valence-corrected chi connectivity index (χ3v) is 3.68. The molecular weight excluding hydrogens is 364 g/mol. The molecule has 2 unspecified atom stereocenters. The van der Waals surface area contributed by atoms with Crippen LogP contribution in [0, 0.1) is 0 Å². The molecular formula is C21H38O7. The molecule has 0 aromatic carbocycles. The van der Waals surface area contributed by atoms with Crippen LogP contribution in [0.15, 0.2) is 24.3 Å². The van der Waals surface area contributed by atoms with E-state index in [4.69, 9.17) is 29.0 Å². The highest BCUT2D eigenvalue weighted by atomic mass is 17.2. The van der Waals surface area contributed by atoms with Crippen molar-refractivity contribution >= 4 is 6.16 Å². The fraction of sp³-hybridized carbons (Fsp3) is 0.762. The van der Waals surface area contributed by atoms with Crippen LogP contribution in [0.5, 0.6) is 0 Å². The van der Waals surface area contributed by atoms with Gasteiger partial charge in [0.15, 0.2) is 0 Å². The zero-order valence-electron chi connectivity index (χ0n) is 18.0. The predicted octanol–water partition coefficient (Wildman–Crippen LogP) is 6.00. The topological polar surface area (TPSA) is 72.5 Å². The highest BCUT2D eigenvalue weighted by molar-refractivity contribution is 5.60. The van der Waals surface area contributed by atoms with Gasteiger partial charge in [-0.2, -0.15) is 9.78 Å². The molecule has 0 saturated heterocycles. The number of carbonyl (C=O) groups is 1. The van der Waals surface area contributed by atoms with E-state index in [0.717, 1.165) is 51.4 Å². The highest BCUT2D eigenvalue weighted by Gasteiger charge is 2.23. The molecule has 0 aliphatic heterocycles. The summed E-state index contributed by atoms with van der Waals surface area (Å²) in [6.07, 6.45) is 5.25. The van der Waals surface area contributed by atoms with E-state index in [-0.39, 0.29) is 0 Å². The van der Waals surface area contributed by atoms with Crippen molar-refractivity contribution in [1.82, 2.24) is 0 Å². The van der Waals surface area contributed by atoms with Crippen LogP contribution in [0.4, 0.5) is 4.79 Å². The van der Waals surface area contributed by atoms with Gasteiger partial charge in [-0.1, -0.05) is 65.5 Å². The van der Waals surface area contributed by atoms with E-state index in [0.29, 0.717) is 24.4 Å². The molecule has 7 nitrogen and oxygen atoms in total. The van der Waals surface area contributed by atoms with E-state index in [1.165, 1.54) is 0 Å². The van der Waals surface area contributed by atoms with Crippen molar-refractivity contribution in [2.45, 2.75) is 91.6 Å². The first-order valence-corrected chi connectivity index (χ1v) is 10.2. The maximum atomic E-state index is 12.0. The van der Waals surface area contributed by atoms with E-state index in [1.54, 1.807) is 13.8 Å². The number of hydrogen-bond donors (Lipinski definition) is 0. The van der Waals surface area contributed by atoms with Gasteiger partial charge in [0.05, 0.1) is 13.2 Å². The lowest BCUT2D eigenvalue weighted by Crippen LogP contribution is -2.28. The number of ether oxygens (including phenoxy) is 2. The molecule has 0 aliphatic carbocycles. The van der Waals surface area contributed by atoms with Gasteiger partial charge < -0.3 is 9.47 Å². The van der Waals surface area contributed by atoms with E-state index < -0.39 is 18.7 Å². The summed E-state index contributed by atoms with van der Waals surface area (Å²) in [5, 5.41) is 0. The Bertz CT molecular complexity index is 398. The molecule has 0 saturated carbocycles. The monoisotopic (exact) mass is 402 g/mol. The van der Waals surface area contributed by atoms with Crippen LogP contribution in [-0.2, 0) is 29.0 Å². The summed E-state index contributed by atoms with van der Waals surface area (Å²) in [6, 6.07) is 0. The normalized spacial score (nSPS) is 13.0. The Balaban J connectivity index is 4.24. The first-order valence-electron chi connectivity index (χ1n) is 10.2. The molecule has 0 amide bonds. The molecule has 0 aliphatic rings. The Kier molecular flexibility index (Phi) is 16.8. The van der Waals surface area contributed by atoms with Gasteiger partial charge >= 0.3 is 6.16 Å². The molecule has 0 spiro atoms. The zero-order valence-corrected chi connectivity index (χ0v) is 18.0. The molecule has 0 fully saturated rings.